The van der Waals surface area contributed by atoms with E-state index in [0.29, 0.717) is 11.1 Å². The first-order valence-corrected chi connectivity index (χ1v) is 7.98. The van der Waals surface area contributed by atoms with E-state index in [2.05, 4.69) is 0 Å². The number of hydrogen-bond acceptors (Lipinski definition) is 5. The maximum atomic E-state index is 12.8. The zero-order valence-electron chi connectivity index (χ0n) is 12.9. The van der Waals surface area contributed by atoms with E-state index >= 15 is 0 Å². The van der Waals surface area contributed by atoms with Crippen LogP contribution in [0.3, 0.4) is 0 Å². The molecule has 0 aliphatic carbocycles. The van der Waals surface area contributed by atoms with Gasteiger partial charge in [0.05, 0.1) is 16.4 Å². The highest BCUT2D eigenvalue weighted by molar-refractivity contribution is 7.89. The number of nitrogens with two attached hydrogens (primary N) is 1. The fourth-order valence-corrected chi connectivity index (χ4v) is 3.93. The Morgan fingerprint density at radius 2 is 1.91 bits per heavy atom. The first-order valence-electron chi connectivity index (χ1n) is 6.54. The third-order valence-electron chi connectivity index (χ3n) is 3.29. The largest absolute Gasteiger partial charge is 0.369 e. The number of carbonyl (C=O) groups excluding carboxylic acids is 1. The van der Waals surface area contributed by atoms with Gasteiger partial charge in [0.2, 0.25) is 15.9 Å². The van der Waals surface area contributed by atoms with Gasteiger partial charge in [0.15, 0.2) is 0 Å². The first-order chi connectivity index (χ1) is 9.98. The molecule has 122 valence electrons. The number of hydrogen-bond donors (Lipinski definition) is 1. The van der Waals surface area contributed by atoms with Crippen LogP contribution in [-0.2, 0) is 14.8 Å². The van der Waals surface area contributed by atoms with E-state index in [1.54, 1.807) is 27.7 Å². The summed E-state index contributed by atoms with van der Waals surface area (Å²) in [5.41, 5.74) is 5.67. The summed E-state index contributed by atoms with van der Waals surface area (Å²) in [7, 11) is -4.08. The number of non-ortho nitro benzene ring substituents is 1. The normalized spacial score (nSPS) is 11.9. The van der Waals surface area contributed by atoms with Gasteiger partial charge in [0, 0.05) is 18.2 Å². The van der Waals surface area contributed by atoms with Crippen LogP contribution in [0.1, 0.15) is 25.0 Å². The lowest BCUT2D eigenvalue weighted by atomic mass is 10.1. The number of primary amides is 1. The van der Waals surface area contributed by atoms with Crippen molar-refractivity contribution in [3.05, 3.63) is 33.4 Å². The molecule has 1 amide bonds. The smallest absolute Gasteiger partial charge is 0.271 e. The molecule has 22 heavy (non-hydrogen) atoms. The number of benzene rings is 1. The summed E-state index contributed by atoms with van der Waals surface area (Å²) >= 11 is 0. The van der Waals surface area contributed by atoms with E-state index in [1.165, 1.54) is 6.07 Å². The summed E-state index contributed by atoms with van der Waals surface area (Å²) in [6.07, 6.45) is 0. The lowest BCUT2D eigenvalue weighted by Gasteiger charge is -2.25. The second-order valence-electron chi connectivity index (χ2n) is 5.25. The third kappa shape index (κ3) is 3.60. The van der Waals surface area contributed by atoms with E-state index in [0.717, 1.165) is 10.4 Å². The lowest BCUT2D eigenvalue weighted by Crippen LogP contribution is -2.42. The Morgan fingerprint density at radius 1 is 1.36 bits per heavy atom. The molecule has 0 heterocycles. The number of amides is 1. The van der Waals surface area contributed by atoms with Crippen molar-refractivity contribution in [1.29, 1.82) is 0 Å². The van der Waals surface area contributed by atoms with Gasteiger partial charge in [-0.15, -0.1) is 0 Å². The maximum absolute atomic E-state index is 12.8. The Morgan fingerprint density at radius 3 is 2.32 bits per heavy atom. The Bertz CT molecular complexity index is 713. The number of aryl methyl sites for hydroxylation is 1. The van der Waals surface area contributed by atoms with Gasteiger partial charge >= 0.3 is 0 Å². The minimum Gasteiger partial charge on any atom is -0.369 e. The molecular formula is C13H19N3O5S. The Hall–Kier alpha value is -2.00. The molecule has 0 aromatic heterocycles. The molecule has 0 saturated heterocycles. The van der Waals surface area contributed by atoms with Crippen LogP contribution in [-0.4, -0.2) is 36.1 Å². The van der Waals surface area contributed by atoms with Gasteiger partial charge in [-0.2, -0.15) is 4.31 Å². The Labute approximate surface area is 129 Å². The van der Waals surface area contributed by atoms with Crippen LogP contribution in [0.5, 0.6) is 0 Å². The van der Waals surface area contributed by atoms with Crippen molar-refractivity contribution in [1.82, 2.24) is 4.31 Å². The molecule has 0 aliphatic rings. The van der Waals surface area contributed by atoms with Crippen molar-refractivity contribution in [3.63, 3.8) is 0 Å². The third-order valence-corrected chi connectivity index (χ3v) is 5.44. The summed E-state index contributed by atoms with van der Waals surface area (Å²) in [4.78, 5) is 21.2. The van der Waals surface area contributed by atoms with Crippen LogP contribution >= 0.6 is 0 Å². The van der Waals surface area contributed by atoms with Crippen molar-refractivity contribution in [2.45, 2.75) is 38.6 Å². The van der Waals surface area contributed by atoms with E-state index in [-0.39, 0.29) is 10.6 Å². The predicted molar refractivity (Wildman–Crippen MR) is 80.8 cm³/mol. The predicted octanol–water partition coefficient (Wildman–Crippen LogP) is 1.10. The van der Waals surface area contributed by atoms with Crippen molar-refractivity contribution < 1.29 is 18.1 Å². The monoisotopic (exact) mass is 329 g/mol. The van der Waals surface area contributed by atoms with Crippen molar-refractivity contribution in [2.24, 2.45) is 5.73 Å². The SMILES string of the molecule is Cc1cc([N+](=O)[O-])cc(S(=O)(=O)N(CC(N)=O)C(C)C)c1C. The molecule has 1 aromatic carbocycles. The summed E-state index contributed by atoms with van der Waals surface area (Å²) in [6.45, 7) is 5.87. The number of nitro groups is 1. The first kappa shape index (κ1) is 18.1. The van der Waals surface area contributed by atoms with Gasteiger partial charge < -0.3 is 5.73 Å². The molecule has 0 aliphatic heterocycles. The molecule has 0 saturated carbocycles. The second-order valence-corrected chi connectivity index (χ2v) is 7.11. The number of nitrogens with zero attached hydrogens (tertiary/aromatic N) is 2. The number of rotatable bonds is 6. The average Bonchev–Trinajstić information content (AvgIpc) is 2.37. The molecule has 0 bridgehead atoms. The lowest BCUT2D eigenvalue weighted by molar-refractivity contribution is -0.385. The van der Waals surface area contributed by atoms with Crippen molar-refractivity contribution in [2.75, 3.05) is 6.54 Å². The van der Waals surface area contributed by atoms with Crippen LogP contribution in [0.25, 0.3) is 0 Å². The molecule has 1 aromatic rings. The zero-order chi connectivity index (χ0) is 17.2. The van der Waals surface area contributed by atoms with Crippen LogP contribution in [0.4, 0.5) is 5.69 Å². The van der Waals surface area contributed by atoms with Gasteiger partial charge in [-0.05, 0) is 38.8 Å². The molecular weight excluding hydrogens is 310 g/mol. The molecule has 0 radical (unpaired) electrons. The molecule has 0 spiro atoms. The fraction of sp³-hybridized carbons (Fsp3) is 0.462. The van der Waals surface area contributed by atoms with Crippen LogP contribution in [0.15, 0.2) is 17.0 Å². The van der Waals surface area contributed by atoms with E-state index < -0.39 is 33.4 Å². The number of sulfonamides is 1. The second kappa shape index (κ2) is 6.41. The van der Waals surface area contributed by atoms with E-state index in [9.17, 15) is 23.3 Å². The van der Waals surface area contributed by atoms with Gasteiger partial charge in [0.25, 0.3) is 5.69 Å². The highest BCUT2D eigenvalue weighted by atomic mass is 32.2. The molecule has 8 nitrogen and oxygen atoms in total. The molecule has 9 heteroatoms. The standard InChI is InChI=1S/C13H19N3O5S/c1-8(2)15(7-13(14)17)22(20,21)12-6-11(16(18)19)5-9(3)10(12)4/h5-6,8H,7H2,1-4H3,(H2,14,17). The molecule has 0 atom stereocenters. The van der Waals surface area contributed by atoms with E-state index in [1.807, 2.05) is 0 Å². The fourth-order valence-electron chi connectivity index (χ4n) is 2.01. The summed E-state index contributed by atoms with van der Waals surface area (Å²) in [5, 5.41) is 10.9. The summed E-state index contributed by atoms with van der Waals surface area (Å²) in [6, 6.07) is 1.80. The van der Waals surface area contributed by atoms with Gasteiger partial charge in [-0.25, -0.2) is 8.42 Å². The highest BCUT2D eigenvalue weighted by Crippen LogP contribution is 2.28. The minimum absolute atomic E-state index is 0.186. The van der Waals surface area contributed by atoms with Crippen LogP contribution in [0, 0.1) is 24.0 Å². The Balaban J connectivity index is 3.56. The van der Waals surface area contributed by atoms with Gasteiger partial charge in [-0.1, -0.05) is 0 Å². The zero-order valence-corrected chi connectivity index (χ0v) is 13.7. The van der Waals surface area contributed by atoms with Crippen LogP contribution in [0.2, 0.25) is 0 Å². The summed E-state index contributed by atoms with van der Waals surface area (Å²) in [5.74, 6) is -0.794. The Kier molecular flexibility index (Phi) is 5.26. The number of carbonyl (C=O) groups is 1. The minimum atomic E-state index is -4.08. The van der Waals surface area contributed by atoms with Crippen molar-refractivity contribution >= 4 is 21.6 Å². The summed E-state index contributed by atoms with van der Waals surface area (Å²) < 4.78 is 26.4. The van der Waals surface area contributed by atoms with Gasteiger partial charge in [-0.3, -0.25) is 14.9 Å². The molecule has 0 fully saturated rings. The quantitative estimate of drug-likeness (QED) is 0.618. The highest BCUT2D eigenvalue weighted by Gasteiger charge is 2.31. The molecule has 0 unspecified atom stereocenters. The topological polar surface area (TPSA) is 124 Å². The molecule has 1 rings (SSSR count). The van der Waals surface area contributed by atoms with Gasteiger partial charge in [0.1, 0.15) is 0 Å². The van der Waals surface area contributed by atoms with E-state index in [4.69, 9.17) is 5.73 Å². The average molecular weight is 329 g/mol. The van der Waals surface area contributed by atoms with Crippen molar-refractivity contribution in [3.8, 4) is 0 Å². The maximum Gasteiger partial charge on any atom is 0.271 e. The number of nitro benzene ring substituents is 1. The molecule has 2 N–H and O–H groups in total. The van der Waals surface area contributed by atoms with Crippen LogP contribution < -0.4 is 5.73 Å².